The number of benzene rings is 1. The van der Waals surface area contributed by atoms with E-state index in [-0.39, 0.29) is 5.91 Å². The fourth-order valence-electron chi connectivity index (χ4n) is 3.00. The molecule has 1 N–H and O–H groups in total. The lowest BCUT2D eigenvalue weighted by Gasteiger charge is -2.15. The smallest absolute Gasteiger partial charge is 0.230 e. The number of rotatable bonds is 8. The number of carbonyl (C=O) groups excluding carboxylic acids is 1. The van der Waals surface area contributed by atoms with Crippen LogP contribution in [0.2, 0.25) is 0 Å². The van der Waals surface area contributed by atoms with E-state index in [0.717, 1.165) is 33.0 Å². The highest BCUT2D eigenvalue weighted by Crippen LogP contribution is 2.31. The minimum Gasteiger partial charge on any atom is -0.497 e. The maximum Gasteiger partial charge on any atom is 0.230 e. The van der Waals surface area contributed by atoms with Crippen LogP contribution in [0.15, 0.2) is 32.9 Å². The van der Waals surface area contributed by atoms with Gasteiger partial charge in [0, 0.05) is 11.8 Å². The van der Waals surface area contributed by atoms with Crippen LogP contribution in [-0.2, 0) is 10.5 Å². The van der Waals surface area contributed by atoms with Crippen molar-refractivity contribution in [1.29, 1.82) is 0 Å². The average Bonchev–Trinajstić information content (AvgIpc) is 3.00. The van der Waals surface area contributed by atoms with Gasteiger partial charge in [-0.3, -0.25) is 4.79 Å². The number of aromatic nitrogens is 2. The van der Waals surface area contributed by atoms with Crippen LogP contribution < -0.4 is 10.1 Å². The first-order valence-corrected chi connectivity index (χ1v) is 12.0. The summed E-state index contributed by atoms with van der Waals surface area (Å²) in [5, 5.41) is 11.6. The first-order chi connectivity index (χ1) is 13.2. The largest absolute Gasteiger partial charge is 0.497 e. The first-order valence-electron chi connectivity index (χ1n) is 9.24. The van der Waals surface area contributed by atoms with Crippen molar-refractivity contribution in [2.75, 3.05) is 12.9 Å². The standard InChI is InChI=1S/C19H25N3O2S3/c1-24-16-10-8-14(9-11-16)12-25-18-21-22-19(27-18)26-13-17(23)20-15-6-4-2-3-5-7-15/h8-11,15H,2-7,12-13H2,1H3,(H,20,23). The number of nitrogens with one attached hydrogen (secondary N) is 1. The predicted octanol–water partition coefficient (Wildman–Crippen LogP) is 4.77. The summed E-state index contributed by atoms with van der Waals surface area (Å²) >= 11 is 4.69. The van der Waals surface area contributed by atoms with Crippen molar-refractivity contribution in [1.82, 2.24) is 15.5 Å². The molecular formula is C19H25N3O2S3. The molecule has 0 atom stereocenters. The fourth-order valence-corrected chi connectivity index (χ4v) is 5.79. The zero-order valence-electron chi connectivity index (χ0n) is 15.5. The SMILES string of the molecule is COc1ccc(CSc2nnc(SCC(=O)NC3CCCCCC3)s2)cc1. The summed E-state index contributed by atoms with van der Waals surface area (Å²) in [6, 6.07) is 8.39. The molecule has 0 saturated heterocycles. The average molecular weight is 424 g/mol. The first kappa shape index (κ1) is 20.5. The topological polar surface area (TPSA) is 64.1 Å². The van der Waals surface area contributed by atoms with E-state index in [1.54, 1.807) is 30.2 Å². The van der Waals surface area contributed by atoms with Crippen molar-refractivity contribution in [2.24, 2.45) is 0 Å². The number of carbonyl (C=O) groups is 1. The maximum absolute atomic E-state index is 12.2. The molecular weight excluding hydrogens is 398 g/mol. The second-order valence-electron chi connectivity index (χ2n) is 6.52. The zero-order chi connectivity index (χ0) is 18.9. The number of thioether (sulfide) groups is 2. The molecule has 1 heterocycles. The van der Waals surface area contributed by atoms with Crippen LogP contribution in [0, 0.1) is 0 Å². The Labute approximate surface area is 173 Å². The minimum absolute atomic E-state index is 0.106. The molecule has 1 aliphatic rings. The molecule has 8 heteroatoms. The van der Waals surface area contributed by atoms with Gasteiger partial charge in [0.1, 0.15) is 5.75 Å². The van der Waals surface area contributed by atoms with Crippen LogP contribution in [0.4, 0.5) is 0 Å². The molecule has 1 amide bonds. The molecule has 27 heavy (non-hydrogen) atoms. The van der Waals surface area contributed by atoms with Crippen molar-refractivity contribution in [3.8, 4) is 5.75 Å². The molecule has 0 aliphatic heterocycles. The van der Waals surface area contributed by atoms with Crippen LogP contribution in [0.1, 0.15) is 44.1 Å². The second-order valence-corrected chi connectivity index (χ2v) is 9.94. The molecule has 5 nitrogen and oxygen atoms in total. The Kier molecular flexibility index (Phi) is 8.29. The highest BCUT2D eigenvalue weighted by Gasteiger charge is 2.15. The van der Waals surface area contributed by atoms with Gasteiger partial charge in [-0.1, -0.05) is 72.7 Å². The van der Waals surface area contributed by atoms with E-state index in [4.69, 9.17) is 4.74 Å². The number of ether oxygens (including phenoxy) is 1. The second kappa shape index (κ2) is 10.9. The Morgan fingerprint density at radius 3 is 2.44 bits per heavy atom. The molecule has 0 radical (unpaired) electrons. The number of hydrogen-bond acceptors (Lipinski definition) is 7. The van der Waals surface area contributed by atoms with Gasteiger partial charge in [0.2, 0.25) is 5.91 Å². The van der Waals surface area contributed by atoms with E-state index >= 15 is 0 Å². The lowest BCUT2D eigenvalue weighted by atomic mass is 10.1. The molecule has 0 unspecified atom stereocenters. The van der Waals surface area contributed by atoms with Gasteiger partial charge < -0.3 is 10.1 Å². The summed E-state index contributed by atoms with van der Waals surface area (Å²) in [5.74, 6) is 2.22. The van der Waals surface area contributed by atoms with Crippen LogP contribution in [0.25, 0.3) is 0 Å². The van der Waals surface area contributed by atoms with Gasteiger partial charge in [0.15, 0.2) is 8.68 Å². The molecule has 0 spiro atoms. The van der Waals surface area contributed by atoms with E-state index in [1.165, 1.54) is 43.0 Å². The predicted molar refractivity (Wildman–Crippen MR) is 113 cm³/mol. The van der Waals surface area contributed by atoms with E-state index in [1.807, 2.05) is 12.1 Å². The Morgan fingerprint density at radius 1 is 1.11 bits per heavy atom. The van der Waals surface area contributed by atoms with Crippen LogP contribution in [-0.4, -0.2) is 35.0 Å². The number of hydrogen-bond donors (Lipinski definition) is 1. The van der Waals surface area contributed by atoms with Crippen molar-refractivity contribution in [3.63, 3.8) is 0 Å². The molecule has 1 aromatic carbocycles. The Morgan fingerprint density at radius 2 is 1.78 bits per heavy atom. The molecule has 0 bridgehead atoms. The van der Waals surface area contributed by atoms with E-state index in [2.05, 4.69) is 27.6 Å². The van der Waals surface area contributed by atoms with Crippen molar-refractivity contribution in [2.45, 2.75) is 59.0 Å². The lowest BCUT2D eigenvalue weighted by Crippen LogP contribution is -2.35. The van der Waals surface area contributed by atoms with Crippen LogP contribution in [0.5, 0.6) is 5.75 Å². The third-order valence-electron chi connectivity index (χ3n) is 4.46. The number of methoxy groups -OCH3 is 1. The molecule has 146 valence electrons. The summed E-state index contributed by atoms with van der Waals surface area (Å²) in [4.78, 5) is 12.2. The fraction of sp³-hybridized carbons (Fsp3) is 0.526. The van der Waals surface area contributed by atoms with Gasteiger partial charge in [-0.2, -0.15) is 0 Å². The van der Waals surface area contributed by atoms with Crippen LogP contribution >= 0.6 is 34.9 Å². The summed E-state index contributed by atoms with van der Waals surface area (Å²) in [6.07, 6.45) is 7.26. The quantitative estimate of drug-likeness (QED) is 0.487. The highest BCUT2D eigenvalue weighted by atomic mass is 32.2. The normalized spacial score (nSPS) is 15.3. The van der Waals surface area contributed by atoms with Gasteiger partial charge in [0.05, 0.1) is 12.9 Å². The van der Waals surface area contributed by atoms with Crippen molar-refractivity contribution in [3.05, 3.63) is 29.8 Å². The van der Waals surface area contributed by atoms with Crippen molar-refractivity contribution < 1.29 is 9.53 Å². The van der Waals surface area contributed by atoms with Gasteiger partial charge in [0.25, 0.3) is 0 Å². The highest BCUT2D eigenvalue weighted by molar-refractivity contribution is 8.03. The van der Waals surface area contributed by atoms with Gasteiger partial charge in [-0.25, -0.2) is 0 Å². The summed E-state index contributed by atoms with van der Waals surface area (Å²) in [7, 11) is 1.67. The monoisotopic (exact) mass is 423 g/mol. The minimum atomic E-state index is 0.106. The van der Waals surface area contributed by atoms with E-state index in [0.29, 0.717) is 11.8 Å². The Bertz CT molecular complexity index is 713. The lowest BCUT2D eigenvalue weighted by molar-refractivity contribution is -0.119. The summed E-state index contributed by atoms with van der Waals surface area (Å²) < 4.78 is 6.95. The maximum atomic E-state index is 12.2. The van der Waals surface area contributed by atoms with E-state index in [9.17, 15) is 4.79 Å². The zero-order valence-corrected chi connectivity index (χ0v) is 17.9. The molecule has 1 saturated carbocycles. The van der Waals surface area contributed by atoms with Gasteiger partial charge in [-0.15, -0.1) is 10.2 Å². The Balaban J connectivity index is 1.40. The molecule has 1 aromatic heterocycles. The third-order valence-corrected chi connectivity index (χ3v) is 7.72. The molecule has 2 aromatic rings. The van der Waals surface area contributed by atoms with Gasteiger partial charge >= 0.3 is 0 Å². The molecule has 1 fully saturated rings. The summed E-state index contributed by atoms with van der Waals surface area (Å²) in [5.41, 5.74) is 1.22. The Hall–Kier alpha value is -1.25. The van der Waals surface area contributed by atoms with Crippen LogP contribution in [0.3, 0.4) is 0 Å². The van der Waals surface area contributed by atoms with Crippen molar-refractivity contribution >= 4 is 40.8 Å². The summed E-state index contributed by atoms with van der Waals surface area (Å²) in [6.45, 7) is 0. The molecule has 1 aliphatic carbocycles. The van der Waals surface area contributed by atoms with Gasteiger partial charge in [-0.05, 0) is 30.5 Å². The number of amides is 1. The third kappa shape index (κ3) is 7.01. The molecule has 3 rings (SSSR count). The van der Waals surface area contributed by atoms with E-state index < -0.39 is 0 Å². The number of nitrogens with zero attached hydrogens (tertiary/aromatic N) is 2.